The summed E-state index contributed by atoms with van der Waals surface area (Å²) in [5.74, 6) is 0.272. The molecule has 0 saturated carbocycles. The number of amides is 1. The van der Waals surface area contributed by atoms with Crippen LogP contribution in [0.2, 0.25) is 0 Å². The summed E-state index contributed by atoms with van der Waals surface area (Å²) in [6.07, 6.45) is 0.463. The summed E-state index contributed by atoms with van der Waals surface area (Å²) in [4.78, 5) is 13.1. The van der Waals surface area contributed by atoms with Gasteiger partial charge in [0.05, 0.1) is 17.6 Å². The van der Waals surface area contributed by atoms with Crippen molar-refractivity contribution in [1.29, 1.82) is 0 Å². The quantitative estimate of drug-likeness (QED) is 0.472. The maximum atomic E-state index is 12.9. The Bertz CT molecular complexity index is 1150. The first-order valence-corrected chi connectivity index (χ1v) is 13.0. The predicted octanol–water partition coefficient (Wildman–Crippen LogP) is 3.87. The van der Waals surface area contributed by atoms with E-state index in [1.807, 2.05) is 38.1 Å². The number of nitrogens with one attached hydrogen (secondary N) is 3. The van der Waals surface area contributed by atoms with Crippen LogP contribution >= 0.6 is 12.2 Å². The molecule has 0 unspecified atom stereocenters. The lowest BCUT2D eigenvalue weighted by Crippen LogP contribution is -2.37. The third-order valence-electron chi connectivity index (χ3n) is 5.45. The molecule has 0 aromatic heterocycles. The first-order chi connectivity index (χ1) is 15.8. The second-order valence-electron chi connectivity index (χ2n) is 9.38. The average molecular weight is 506 g/mol. The molecule has 0 aliphatic carbocycles. The van der Waals surface area contributed by atoms with Crippen LogP contribution in [-0.4, -0.2) is 40.1 Å². The van der Waals surface area contributed by atoms with Gasteiger partial charge in [-0.05, 0) is 64.9 Å². The van der Waals surface area contributed by atoms with Crippen LogP contribution in [0.15, 0.2) is 41.3 Å². The van der Waals surface area contributed by atoms with Crippen LogP contribution in [0.5, 0.6) is 5.75 Å². The lowest BCUT2D eigenvalue weighted by Gasteiger charge is -2.21. The SMILES string of the molecule is CNC(=S)NS(=O)(=O)c1cc(CCNC(=O)c2cc(C(C)(C)C)ccc2OC)ccc1C(C)C. The van der Waals surface area contributed by atoms with Gasteiger partial charge < -0.3 is 15.4 Å². The number of carbonyl (C=O) groups is 1. The Kier molecular flexibility index (Phi) is 9.08. The zero-order valence-electron chi connectivity index (χ0n) is 20.9. The Morgan fingerprint density at radius 1 is 1.12 bits per heavy atom. The Morgan fingerprint density at radius 2 is 1.79 bits per heavy atom. The molecular weight excluding hydrogens is 470 g/mol. The molecular formula is C25H35N3O4S2. The lowest BCUT2D eigenvalue weighted by atomic mass is 9.86. The molecule has 2 rings (SSSR count). The molecule has 2 aromatic rings. The van der Waals surface area contributed by atoms with Gasteiger partial charge in [-0.1, -0.05) is 52.8 Å². The highest BCUT2D eigenvalue weighted by atomic mass is 32.2. The van der Waals surface area contributed by atoms with Gasteiger partial charge in [0.25, 0.3) is 15.9 Å². The summed E-state index contributed by atoms with van der Waals surface area (Å²) < 4.78 is 33.6. The molecule has 34 heavy (non-hydrogen) atoms. The molecule has 0 fully saturated rings. The van der Waals surface area contributed by atoms with Crippen molar-refractivity contribution in [2.45, 2.75) is 57.3 Å². The van der Waals surface area contributed by atoms with Gasteiger partial charge in [-0.2, -0.15) is 0 Å². The first kappa shape index (κ1) is 27.6. The zero-order chi connectivity index (χ0) is 25.7. The molecule has 1 amide bonds. The van der Waals surface area contributed by atoms with Crippen molar-refractivity contribution >= 4 is 33.3 Å². The number of ether oxygens (including phenoxy) is 1. The Balaban J connectivity index is 2.22. The van der Waals surface area contributed by atoms with E-state index in [9.17, 15) is 13.2 Å². The van der Waals surface area contributed by atoms with Gasteiger partial charge in [0.1, 0.15) is 5.75 Å². The van der Waals surface area contributed by atoms with Crippen LogP contribution in [0, 0.1) is 0 Å². The fraction of sp³-hybridized carbons (Fsp3) is 0.440. The van der Waals surface area contributed by atoms with Crippen LogP contribution in [-0.2, 0) is 21.9 Å². The number of rotatable bonds is 8. The van der Waals surface area contributed by atoms with Crippen molar-refractivity contribution in [2.75, 3.05) is 20.7 Å². The second kappa shape index (κ2) is 11.2. The fourth-order valence-electron chi connectivity index (χ4n) is 3.44. The number of sulfonamides is 1. The Hall–Kier alpha value is -2.65. The minimum Gasteiger partial charge on any atom is -0.496 e. The Labute approximate surface area is 208 Å². The molecule has 0 spiro atoms. The van der Waals surface area contributed by atoms with E-state index < -0.39 is 10.0 Å². The molecule has 0 saturated heterocycles. The number of hydrogen-bond donors (Lipinski definition) is 3. The van der Waals surface area contributed by atoms with Crippen LogP contribution in [0.4, 0.5) is 0 Å². The van der Waals surface area contributed by atoms with E-state index >= 15 is 0 Å². The van der Waals surface area contributed by atoms with Gasteiger partial charge in [-0.25, -0.2) is 8.42 Å². The largest absolute Gasteiger partial charge is 0.496 e. The van der Waals surface area contributed by atoms with Crippen molar-refractivity contribution in [3.8, 4) is 5.75 Å². The molecule has 186 valence electrons. The molecule has 2 aromatic carbocycles. The van der Waals surface area contributed by atoms with Crippen molar-refractivity contribution in [2.24, 2.45) is 0 Å². The number of carbonyl (C=O) groups excluding carboxylic acids is 1. The number of hydrogen-bond acceptors (Lipinski definition) is 5. The van der Waals surface area contributed by atoms with Gasteiger partial charge in [-0.3, -0.25) is 9.52 Å². The maximum absolute atomic E-state index is 12.9. The van der Waals surface area contributed by atoms with Crippen molar-refractivity contribution in [1.82, 2.24) is 15.4 Å². The highest BCUT2D eigenvalue weighted by molar-refractivity contribution is 7.91. The number of thiocarbonyl (C=S) groups is 1. The normalized spacial score (nSPS) is 11.8. The van der Waals surface area contributed by atoms with Crippen molar-refractivity contribution in [3.05, 3.63) is 58.7 Å². The van der Waals surface area contributed by atoms with E-state index in [2.05, 4.69) is 36.1 Å². The van der Waals surface area contributed by atoms with E-state index in [0.29, 0.717) is 29.8 Å². The van der Waals surface area contributed by atoms with Crippen LogP contribution in [0.1, 0.15) is 67.6 Å². The summed E-state index contributed by atoms with van der Waals surface area (Å²) in [6.45, 7) is 10.5. The highest BCUT2D eigenvalue weighted by Gasteiger charge is 2.22. The molecule has 0 aliphatic rings. The minimum atomic E-state index is -3.84. The van der Waals surface area contributed by atoms with Crippen LogP contribution < -0.4 is 20.1 Å². The van der Waals surface area contributed by atoms with E-state index in [1.165, 1.54) is 7.11 Å². The first-order valence-electron chi connectivity index (χ1n) is 11.1. The summed E-state index contributed by atoms with van der Waals surface area (Å²) in [7, 11) is -0.748. The predicted molar refractivity (Wildman–Crippen MR) is 140 cm³/mol. The fourth-order valence-corrected chi connectivity index (χ4v) is 5.15. The smallest absolute Gasteiger partial charge is 0.263 e. The topological polar surface area (TPSA) is 96.5 Å². The maximum Gasteiger partial charge on any atom is 0.263 e. The van der Waals surface area contributed by atoms with Gasteiger partial charge in [0.2, 0.25) is 0 Å². The standard InChI is InChI=1S/C25H35N3O4S2/c1-16(2)19-10-8-17(14-22(19)34(30,31)28-24(33)26-6)12-13-27-23(29)20-15-18(25(3,4)5)9-11-21(20)32-7/h8-11,14-16H,12-13H2,1-7H3,(H,27,29)(H2,26,28,33). The molecule has 0 bridgehead atoms. The summed E-state index contributed by atoms with van der Waals surface area (Å²) in [6, 6.07) is 11.0. The van der Waals surface area contributed by atoms with E-state index in [-0.39, 0.29) is 27.2 Å². The van der Waals surface area contributed by atoms with E-state index in [1.54, 1.807) is 19.2 Å². The molecule has 3 N–H and O–H groups in total. The van der Waals surface area contributed by atoms with Gasteiger partial charge in [-0.15, -0.1) is 0 Å². The number of methoxy groups -OCH3 is 1. The minimum absolute atomic E-state index is 0.00559. The van der Waals surface area contributed by atoms with Crippen LogP contribution in [0.25, 0.3) is 0 Å². The van der Waals surface area contributed by atoms with Crippen molar-refractivity contribution < 1.29 is 17.9 Å². The number of benzene rings is 2. The molecule has 9 heteroatoms. The van der Waals surface area contributed by atoms with Crippen LogP contribution in [0.3, 0.4) is 0 Å². The molecule has 7 nitrogen and oxygen atoms in total. The third kappa shape index (κ3) is 6.93. The summed E-state index contributed by atoms with van der Waals surface area (Å²) >= 11 is 4.98. The van der Waals surface area contributed by atoms with E-state index in [4.69, 9.17) is 17.0 Å². The lowest BCUT2D eigenvalue weighted by molar-refractivity contribution is 0.0951. The average Bonchev–Trinajstić information content (AvgIpc) is 2.77. The van der Waals surface area contributed by atoms with Crippen molar-refractivity contribution in [3.63, 3.8) is 0 Å². The summed E-state index contributed by atoms with van der Waals surface area (Å²) in [5, 5.41) is 5.57. The molecule has 0 heterocycles. The van der Waals surface area contributed by atoms with E-state index in [0.717, 1.165) is 11.1 Å². The third-order valence-corrected chi connectivity index (χ3v) is 7.29. The molecule has 0 radical (unpaired) electrons. The summed E-state index contributed by atoms with van der Waals surface area (Å²) in [5.41, 5.74) is 2.88. The zero-order valence-corrected chi connectivity index (χ0v) is 22.5. The Morgan fingerprint density at radius 3 is 2.35 bits per heavy atom. The highest BCUT2D eigenvalue weighted by Crippen LogP contribution is 2.28. The molecule has 0 atom stereocenters. The molecule has 0 aliphatic heterocycles. The van der Waals surface area contributed by atoms with Gasteiger partial charge in [0.15, 0.2) is 5.11 Å². The second-order valence-corrected chi connectivity index (χ2v) is 11.4. The monoisotopic (exact) mass is 505 g/mol. The van der Waals surface area contributed by atoms with Gasteiger partial charge >= 0.3 is 0 Å². The van der Waals surface area contributed by atoms with Gasteiger partial charge in [0, 0.05) is 13.6 Å².